The van der Waals surface area contributed by atoms with Gasteiger partial charge in [0.05, 0.1) is 6.10 Å². The summed E-state index contributed by atoms with van der Waals surface area (Å²) in [5.41, 5.74) is 1.40. The normalized spacial score (nSPS) is 21.9. The number of benzene rings is 2. The summed E-state index contributed by atoms with van der Waals surface area (Å²) in [5.74, 6) is -0.229. The Labute approximate surface area is 141 Å². The number of allylic oxidation sites excluding steroid dienone is 1. The average molecular weight is 324 g/mol. The van der Waals surface area contributed by atoms with Crippen LogP contribution in [0.4, 0.5) is 4.39 Å². The quantitative estimate of drug-likeness (QED) is 0.638. The van der Waals surface area contributed by atoms with Crippen molar-refractivity contribution < 1.29 is 14.3 Å². The van der Waals surface area contributed by atoms with E-state index in [2.05, 4.69) is 0 Å². The Hall–Kier alpha value is -2.26. The van der Waals surface area contributed by atoms with Gasteiger partial charge >= 0.3 is 0 Å². The Morgan fingerprint density at radius 2 is 1.79 bits per heavy atom. The summed E-state index contributed by atoms with van der Waals surface area (Å²) in [7, 11) is 0. The lowest BCUT2D eigenvalue weighted by Gasteiger charge is -2.16. The molecule has 0 saturated heterocycles. The first-order chi connectivity index (χ1) is 11.6. The van der Waals surface area contributed by atoms with Crippen LogP contribution in [0.1, 0.15) is 41.3 Å². The number of aliphatic hydroxyl groups is 1. The Kier molecular flexibility index (Phi) is 5.21. The number of carbonyl (C=O) groups excluding carboxylic acids is 1. The lowest BCUT2D eigenvalue weighted by Crippen LogP contribution is -2.18. The van der Waals surface area contributed by atoms with Crippen LogP contribution in [0.2, 0.25) is 0 Å². The first-order valence-electron chi connectivity index (χ1n) is 8.36. The Morgan fingerprint density at radius 1 is 1.08 bits per heavy atom. The van der Waals surface area contributed by atoms with E-state index in [1.54, 1.807) is 18.2 Å². The average Bonchev–Trinajstić information content (AvgIpc) is 3.09. The highest BCUT2D eigenvalue weighted by Gasteiger charge is 2.31. The van der Waals surface area contributed by atoms with Crippen molar-refractivity contribution in [2.24, 2.45) is 11.8 Å². The van der Waals surface area contributed by atoms with E-state index in [4.69, 9.17) is 0 Å². The molecule has 3 rings (SSSR count). The summed E-state index contributed by atoms with van der Waals surface area (Å²) >= 11 is 0. The van der Waals surface area contributed by atoms with Gasteiger partial charge in [-0.2, -0.15) is 0 Å². The highest BCUT2D eigenvalue weighted by Crippen LogP contribution is 2.35. The molecular weight excluding hydrogens is 303 g/mol. The number of Topliss-reactive ketones (excluding diaryl/α,β-unsaturated/α-hetero) is 1. The van der Waals surface area contributed by atoms with Gasteiger partial charge in [0.1, 0.15) is 5.82 Å². The van der Waals surface area contributed by atoms with Gasteiger partial charge in [-0.15, -0.1) is 0 Å². The van der Waals surface area contributed by atoms with Gasteiger partial charge in [-0.25, -0.2) is 4.39 Å². The minimum atomic E-state index is -0.659. The molecule has 0 aromatic heterocycles. The van der Waals surface area contributed by atoms with E-state index in [-0.39, 0.29) is 23.4 Å². The zero-order valence-electron chi connectivity index (χ0n) is 13.4. The van der Waals surface area contributed by atoms with E-state index in [1.165, 1.54) is 12.1 Å². The number of rotatable bonds is 5. The minimum absolute atomic E-state index is 0.0661. The molecule has 1 N–H and O–H groups in total. The molecule has 2 aromatic rings. The summed E-state index contributed by atoms with van der Waals surface area (Å²) in [6.07, 6.45) is 5.86. The molecule has 3 atom stereocenters. The maximum atomic E-state index is 13.0. The second-order valence-electron chi connectivity index (χ2n) is 6.31. The minimum Gasteiger partial charge on any atom is -0.384 e. The molecule has 0 aliphatic heterocycles. The maximum absolute atomic E-state index is 13.0. The monoisotopic (exact) mass is 324 g/mol. The molecule has 2 aromatic carbocycles. The van der Waals surface area contributed by atoms with Crippen LogP contribution in [-0.4, -0.2) is 10.9 Å². The highest BCUT2D eigenvalue weighted by molar-refractivity contribution is 5.98. The van der Waals surface area contributed by atoms with Gasteiger partial charge in [0.2, 0.25) is 0 Å². The van der Waals surface area contributed by atoms with Gasteiger partial charge in [-0.1, -0.05) is 48.9 Å². The molecule has 1 aliphatic rings. The molecule has 0 radical (unpaired) electrons. The lowest BCUT2D eigenvalue weighted by atomic mass is 9.87. The maximum Gasteiger partial charge on any atom is 0.166 e. The van der Waals surface area contributed by atoms with Gasteiger partial charge in [-0.3, -0.25) is 4.79 Å². The standard InChI is InChI=1S/C21H21FO2/c22-18-12-9-17(10-13-18)21(24)19-8-4-7-15(19)11-14-20(23)16-5-2-1-3-6-16/h1-3,5-6,9-15,19-20,23H,4,7-8H2/b14-11+/t15-,19+,20?/m1/s1. The topological polar surface area (TPSA) is 37.3 Å². The van der Waals surface area contributed by atoms with Crippen molar-refractivity contribution in [1.29, 1.82) is 0 Å². The number of halogens is 1. The fourth-order valence-electron chi connectivity index (χ4n) is 3.38. The van der Waals surface area contributed by atoms with Crippen LogP contribution >= 0.6 is 0 Å². The van der Waals surface area contributed by atoms with E-state index >= 15 is 0 Å². The van der Waals surface area contributed by atoms with Gasteiger partial charge in [0.15, 0.2) is 5.78 Å². The third kappa shape index (κ3) is 3.80. The number of ketones is 1. The number of hydrogen-bond donors (Lipinski definition) is 1. The summed E-state index contributed by atoms with van der Waals surface area (Å²) in [5, 5.41) is 10.2. The molecule has 2 nitrogen and oxygen atoms in total. The summed E-state index contributed by atoms with van der Waals surface area (Å²) < 4.78 is 13.0. The van der Waals surface area contributed by atoms with Crippen molar-refractivity contribution in [3.63, 3.8) is 0 Å². The molecule has 1 unspecified atom stereocenters. The zero-order chi connectivity index (χ0) is 16.9. The van der Waals surface area contributed by atoms with Gasteiger partial charge in [0.25, 0.3) is 0 Å². The molecule has 0 amide bonds. The van der Waals surface area contributed by atoms with E-state index < -0.39 is 6.10 Å². The summed E-state index contributed by atoms with van der Waals surface area (Å²) in [6.45, 7) is 0. The molecule has 1 saturated carbocycles. The molecule has 0 bridgehead atoms. The van der Waals surface area contributed by atoms with Crippen molar-refractivity contribution in [1.82, 2.24) is 0 Å². The third-order valence-corrected chi connectivity index (χ3v) is 4.72. The van der Waals surface area contributed by atoms with Crippen molar-refractivity contribution in [3.8, 4) is 0 Å². The molecule has 1 fully saturated rings. The van der Waals surface area contributed by atoms with Crippen molar-refractivity contribution >= 4 is 5.78 Å². The highest BCUT2D eigenvalue weighted by atomic mass is 19.1. The fourth-order valence-corrected chi connectivity index (χ4v) is 3.38. The van der Waals surface area contributed by atoms with E-state index in [1.807, 2.05) is 36.4 Å². The first kappa shape index (κ1) is 16.6. The van der Waals surface area contributed by atoms with E-state index in [0.717, 1.165) is 24.8 Å². The second kappa shape index (κ2) is 7.54. The van der Waals surface area contributed by atoms with Crippen LogP contribution in [0, 0.1) is 17.7 Å². The predicted octanol–water partition coefficient (Wildman–Crippen LogP) is 4.71. The van der Waals surface area contributed by atoms with Crippen molar-refractivity contribution in [2.75, 3.05) is 0 Å². The Morgan fingerprint density at radius 3 is 2.50 bits per heavy atom. The molecule has 1 aliphatic carbocycles. The van der Waals surface area contributed by atoms with Crippen LogP contribution in [0.3, 0.4) is 0 Å². The van der Waals surface area contributed by atoms with E-state index in [9.17, 15) is 14.3 Å². The fraction of sp³-hybridized carbons (Fsp3) is 0.286. The smallest absolute Gasteiger partial charge is 0.166 e. The largest absolute Gasteiger partial charge is 0.384 e. The SMILES string of the molecule is O=C(c1ccc(F)cc1)[C@H]1CCC[C@@H]1/C=C/C(O)c1ccccc1. The molecular formula is C21H21FO2. The molecule has 0 heterocycles. The predicted molar refractivity (Wildman–Crippen MR) is 92.1 cm³/mol. The lowest BCUT2D eigenvalue weighted by molar-refractivity contribution is 0.0904. The van der Waals surface area contributed by atoms with Crippen LogP contribution in [0.25, 0.3) is 0 Å². The number of hydrogen-bond acceptors (Lipinski definition) is 2. The van der Waals surface area contributed by atoms with Crippen molar-refractivity contribution in [3.05, 3.63) is 83.7 Å². The van der Waals surface area contributed by atoms with Crippen LogP contribution < -0.4 is 0 Å². The number of aliphatic hydroxyl groups excluding tert-OH is 1. The van der Waals surface area contributed by atoms with Crippen molar-refractivity contribution in [2.45, 2.75) is 25.4 Å². The Balaban J connectivity index is 1.70. The molecule has 3 heteroatoms. The summed E-state index contributed by atoms with van der Waals surface area (Å²) in [6, 6.07) is 15.2. The van der Waals surface area contributed by atoms with Gasteiger partial charge in [0, 0.05) is 11.5 Å². The number of carbonyl (C=O) groups is 1. The van der Waals surface area contributed by atoms with Crippen LogP contribution in [0.5, 0.6) is 0 Å². The van der Waals surface area contributed by atoms with Crippen LogP contribution in [0.15, 0.2) is 66.7 Å². The van der Waals surface area contributed by atoms with Gasteiger partial charge < -0.3 is 5.11 Å². The van der Waals surface area contributed by atoms with E-state index in [0.29, 0.717) is 5.56 Å². The molecule has 24 heavy (non-hydrogen) atoms. The first-order valence-corrected chi connectivity index (χ1v) is 8.36. The molecule has 0 spiro atoms. The second-order valence-corrected chi connectivity index (χ2v) is 6.31. The Bertz CT molecular complexity index is 706. The summed E-state index contributed by atoms with van der Waals surface area (Å²) in [4.78, 5) is 12.7. The molecule has 124 valence electrons. The van der Waals surface area contributed by atoms with Crippen LogP contribution in [-0.2, 0) is 0 Å². The van der Waals surface area contributed by atoms with Gasteiger partial charge in [-0.05, 0) is 48.6 Å². The third-order valence-electron chi connectivity index (χ3n) is 4.72. The zero-order valence-corrected chi connectivity index (χ0v) is 13.4.